The lowest BCUT2D eigenvalue weighted by molar-refractivity contribution is -0.105. The van der Waals surface area contributed by atoms with Gasteiger partial charge < -0.3 is 15.1 Å². The Morgan fingerprint density at radius 1 is 1.14 bits per heavy atom. The van der Waals surface area contributed by atoms with Gasteiger partial charge in [0.15, 0.2) is 0 Å². The third kappa shape index (κ3) is 3.84. The van der Waals surface area contributed by atoms with Crippen molar-refractivity contribution in [3.05, 3.63) is 47.8 Å². The van der Waals surface area contributed by atoms with Crippen LogP contribution in [0.2, 0.25) is 0 Å². The Morgan fingerprint density at radius 3 is 2.75 bits per heavy atom. The maximum Gasteiger partial charge on any atom is 0.211 e. The van der Waals surface area contributed by atoms with Gasteiger partial charge in [-0.05, 0) is 43.3 Å². The minimum Gasteiger partial charge on any atom is -0.368 e. The molecule has 1 atom stereocenters. The Kier molecular flexibility index (Phi) is 5.25. The van der Waals surface area contributed by atoms with E-state index in [1.807, 2.05) is 41.8 Å². The number of hydrogen-bond donors (Lipinski definition) is 1. The van der Waals surface area contributed by atoms with Gasteiger partial charge in [0.2, 0.25) is 6.41 Å². The molecule has 3 heterocycles. The fraction of sp³-hybridized carbons (Fsp3) is 0.381. The van der Waals surface area contributed by atoms with Crippen molar-refractivity contribution in [1.29, 1.82) is 0 Å². The van der Waals surface area contributed by atoms with Crippen molar-refractivity contribution in [2.75, 3.05) is 55.0 Å². The molecule has 0 bridgehead atoms. The van der Waals surface area contributed by atoms with Crippen LogP contribution in [0.5, 0.6) is 0 Å². The molecule has 146 valence electrons. The van der Waals surface area contributed by atoms with Gasteiger partial charge in [-0.25, -0.2) is 0 Å². The lowest BCUT2D eigenvalue weighted by atomic mass is 10.0. The number of nitrogens with one attached hydrogen (secondary N) is 1. The molecule has 1 aromatic heterocycles. The van der Waals surface area contributed by atoms with E-state index in [4.69, 9.17) is 0 Å². The predicted octanol–water partition coefficient (Wildman–Crippen LogP) is 2.30. The van der Waals surface area contributed by atoms with Crippen molar-refractivity contribution in [2.24, 2.45) is 5.10 Å². The third-order valence-corrected chi connectivity index (χ3v) is 5.51. The number of carbonyl (C=O) groups is 1. The number of carbonyl (C=O) groups excluding carboxylic acids is 1. The van der Waals surface area contributed by atoms with E-state index in [0.717, 1.165) is 49.7 Å². The van der Waals surface area contributed by atoms with E-state index in [-0.39, 0.29) is 5.92 Å². The van der Waals surface area contributed by atoms with Crippen LogP contribution in [-0.4, -0.2) is 62.3 Å². The van der Waals surface area contributed by atoms with Crippen LogP contribution in [0.4, 0.5) is 17.1 Å². The lowest BCUT2D eigenvalue weighted by Gasteiger charge is -2.34. The number of rotatable bonds is 5. The number of pyridine rings is 1. The van der Waals surface area contributed by atoms with Gasteiger partial charge in [-0.3, -0.25) is 14.8 Å². The van der Waals surface area contributed by atoms with Gasteiger partial charge in [-0.15, -0.1) is 0 Å². The van der Waals surface area contributed by atoms with Crippen molar-refractivity contribution in [3.63, 3.8) is 0 Å². The summed E-state index contributed by atoms with van der Waals surface area (Å²) in [7, 11) is 2.16. The van der Waals surface area contributed by atoms with Crippen LogP contribution >= 0.6 is 0 Å². The second-order valence-corrected chi connectivity index (χ2v) is 7.48. The molecule has 2 aromatic rings. The second kappa shape index (κ2) is 7.98. The molecule has 2 aliphatic heterocycles. The average Bonchev–Trinajstić information content (AvgIpc) is 3.20. The number of benzene rings is 1. The Bertz CT molecular complexity index is 875. The van der Waals surface area contributed by atoms with Gasteiger partial charge in [-0.1, -0.05) is 6.07 Å². The minimum atomic E-state index is 0.196. The van der Waals surface area contributed by atoms with Crippen LogP contribution in [0.3, 0.4) is 0 Å². The Hall–Kier alpha value is -2.93. The van der Waals surface area contributed by atoms with Crippen LogP contribution < -0.4 is 15.2 Å². The Labute approximate surface area is 165 Å². The van der Waals surface area contributed by atoms with Gasteiger partial charge in [0.1, 0.15) is 0 Å². The van der Waals surface area contributed by atoms with Gasteiger partial charge in [0, 0.05) is 50.2 Å². The summed E-state index contributed by atoms with van der Waals surface area (Å²) in [5, 5.41) is 9.33. The van der Waals surface area contributed by atoms with Crippen LogP contribution in [0.15, 0.2) is 41.8 Å². The van der Waals surface area contributed by atoms with E-state index in [1.54, 1.807) is 0 Å². The van der Waals surface area contributed by atoms with Crippen molar-refractivity contribution in [1.82, 2.24) is 9.88 Å². The summed E-state index contributed by atoms with van der Waals surface area (Å²) in [6.45, 7) is 7.03. The van der Waals surface area contributed by atoms with Gasteiger partial charge >= 0.3 is 0 Å². The molecule has 7 heteroatoms. The smallest absolute Gasteiger partial charge is 0.211 e. The topological polar surface area (TPSA) is 64.1 Å². The largest absolute Gasteiger partial charge is 0.368 e. The lowest BCUT2D eigenvalue weighted by Crippen LogP contribution is -2.44. The normalized spacial score (nSPS) is 19.9. The average molecular weight is 378 g/mol. The van der Waals surface area contributed by atoms with Crippen LogP contribution in [-0.2, 0) is 4.79 Å². The molecule has 1 saturated heterocycles. The highest BCUT2D eigenvalue weighted by atomic mass is 16.1. The molecule has 0 spiro atoms. The number of anilines is 3. The van der Waals surface area contributed by atoms with Gasteiger partial charge in [0.25, 0.3) is 0 Å². The summed E-state index contributed by atoms with van der Waals surface area (Å²) < 4.78 is 0. The highest BCUT2D eigenvalue weighted by Crippen LogP contribution is 2.31. The first kappa shape index (κ1) is 18.4. The summed E-state index contributed by atoms with van der Waals surface area (Å²) in [5.41, 5.74) is 5.27. The van der Waals surface area contributed by atoms with Crippen molar-refractivity contribution in [2.45, 2.75) is 12.8 Å². The van der Waals surface area contributed by atoms with Crippen molar-refractivity contribution < 1.29 is 4.79 Å². The number of hydrazone groups is 1. The number of hydrogen-bond acceptors (Lipinski definition) is 6. The zero-order chi connectivity index (χ0) is 19.5. The highest BCUT2D eigenvalue weighted by Gasteiger charge is 2.23. The summed E-state index contributed by atoms with van der Waals surface area (Å²) in [4.78, 5) is 20.0. The number of likely N-dealkylation sites (N-methyl/N-ethyl adjacent to an activating group) is 1. The molecule has 0 saturated carbocycles. The van der Waals surface area contributed by atoms with Gasteiger partial charge in [0.05, 0.1) is 24.1 Å². The molecule has 1 amide bonds. The zero-order valence-electron chi connectivity index (χ0n) is 16.4. The summed E-state index contributed by atoms with van der Waals surface area (Å²) in [6.07, 6.45) is 6.58. The molecule has 0 aliphatic carbocycles. The van der Waals surface area contributed by atoms with E-state index < -0.39 is 0 Å². The van der Waals surface area contributed by atoms with E-state index in [9.17, 15) is 4.79 Å². The number of piperazine rings is 1. The first-order chi connectivity index (χ1) is 13.6. The summed E-state index contributed by atoms with van der Waals surface area (Å²) in [5.74, 6) is 0.196. The Morgan fingerprint density at radius 2 is 1.96 bits per heavy atom. The maximum absolute atomic E-state index is 10.7. The number of nitrogens with zero attached hydrogens (tertiary/aromatic N) is 5. The molecule has 0 radical (unpaired) electrons. The number of amides is 1. The van der Waals surface area contributed by atoms with E-state index in [1.165, 1.54) is 11.3 Å². The monoisotopic (exact) mass is 378 g/mol. The highest BCUT2D eigenvalue weighted by molar-refractivity contribution is 5.78. The molecule has 4 rings (SSSR count). The van der Waals surface area contributed by atoms with Crippen LogP contribution in [0, 0.1) is 6.92 Å². The SMILES string of the molecule is Cc1ccc(NC=O)cc1N1CC(c2cncc(N3CCN(C)CC3)c2)C=N1. The summed E-state index contributed by atoms with van der Waals surface area (Å²) in [6, 6.07) is 8.10. The number of aromatic nitrogens is 1. The molecule has 7 nitrogen and oxygen atoms in total. The predicted molar refractivity (Wildman–Crippen MR) is 113 cm³/mol. The number of aryl methyl sites for hydroxylation is 1. The minimum absolute atomic E-state index is 0.196. The quantitative estimate of drug-likeness (QED) is 0.809. The van der Waals surface area contributed by atoms with Crippen molar-refractivity contribution >= 4 is 29.7 Å². The van der Waals surface area contributed by atoms with Gasteiger partial charge in [-0.2, -0.15) is 5.10 Å². The van der Waals surface area contributed by atoms with E-state index in [0.29, 0.717) is 6.41 Å². The fourth-order valence-electron chi connectivity index (χ4n) is 3.72. The standard InChI is InChI=1S/C21H26N6O/c1-16-3-4-19(23-15-28)10-21(16)27-14-18(12-24-27)17-9-20(13-22-11-17)26-7-5-25(2)6-8-26/h3-4,9-13,15,18H,5-8,14H2,1-2H3,(H,23,28). The molecule has 2 aliphatic rings. The molecule has 1 fully saturated rings. The molecule has 1 N–H and O–H groups in total. The van der Waals surface area contributed by atoms with Crippen LogP contribution in [0.1, 0.15) is 17.0 Å². The van der Waals surface area contributed by atoms with Crippen LogP contribution in [0.25, 0.3) is 0 Å². The first-order valence-corrected chi connectivity index (χ1v) is 9.65. The third-order valence-electron chi connectivity index (χ3n) is 5.51. The van der Waals surface area contributed by atoms with Crippen molar-refractivity contribution in [3.8, 4) is 0 Å². The Balaban J connectivity index is 1.49. The molecule has 1 unspecified atom stereocenters. The zero-order valence-corrected chi connectivity index (χ0v) is 16.4. The maximum atomic E-state index is 10.7. The van der Waals surface area contributed by atoms with E-state index >= 15 is 0 Å². The molecule has 28 heavy (non-hydrogen) atoms. The summed E-state index contributed by atoms with van der Waals surface area (Å²) >= 11 is 0. The fourth-order valence-corrected chi connectivity index (χ4v) is 3.72. The molecule has 1 aromatic carbocycles. The van der Waals surface area contributed by atoms with E-state index in [2.05, 4.69) is 45.2 Å². The molecular formula is C21H26N6O. The first-order valence-electron chi connectivity index (χ1n) is 9.65. The molecular weight excluding hydrogens is 352 g/mol. The second-order valence-electron chi connectivity index (χ2n) is 7.48.